The van der Waals surface area contributed by atoms with Crippen LogP contribution in [0.15, 0.2) is 48.5 Å². The number of rotatable bonds is 10. The molecule has 198 valence electrons. The number of hydrogen-bond acceptors (Lipinski definition) is 6. The smallest absolute Gasteiger partial charge is 0.256 e. The lowest BCUT2D eigenvalue weighted by Crippen LogP contribution is -2.47. The van der Waals surface area contributed by atoms with E-state index in [0.29, 0.717) is 33.8 Å². The highest BCUT2D eigenvalue weighted by molar-refractivity contribution is 7.80. The highest BCUT2D eigenvalue weighted by atomic mass is 35.5. The number of nitrogens with zero attached hydrogens (tertiary/aromatic N) is 4. The second-order valence-corrected chi connectivity index (χ2v) is 10.1. The van der Waals surface area contributed by atoms with E-state index in [4.69, 9.17) is 28.6 Å². The van der Waals surface area contributed by atoms with Crippen LogP contribution in [0.2, 0.25) is 5.02 Å². The summed E-state index contributed by atoms with van der Waals surface area (Å²) in [5.74, 6) is 0.249. The molecule has 2 aliphatic heterocycles. The number of ether oxygens (including phenoxy) is 1. The maximum Gasteiger partial charge on any atom is 0.256 e. The van der Waals surface area contributed by atoms with E-state index in [1.165, 1.54) is 4.90 Å². The number of halogens is 1. The van der Waals surface area contributed by atoms with Crippen molar-refractivity contribution in [2.45, 2.75) is 25.8 Å². The van der Waals surface area contributed by atoms with Gasteiger partial charge in [-0.1, -0.05) is 18.5 Å². The summed E-state index contributed by atoms with van der Waals surface area (Å²) in [6.07, 6.45) is 0.856. The van der Waals surface area contributed by atoms with Crippen LogP contribution in [0.3, 0.4) is 0 Å². The van der Waals surface area contributed by atoms with Crippen LogP contribution < -0.4 is 15.0 Å². The Morgan fingerprint density at radius 2 is 1.68 bits per heavy atom. The van der Waals surface area contributed by atoms with Gasteiger partial charge in [-0.3, -0.25) is 14.5 Å². The van der Waals surface area contributed by atoms with Crippen molar-refractivity contribution in [1.82, 2.24) is 14.7 Å². The van der Waals surface area contributed by atoms with Crippen molar-refractivity contribution >= 4 is 52.1 Å². The van der Waals surface area contributed by atoms with Crippen LogP contribution in [0, 0.1) is 0 Å². The molecule has 0 bridgehead atoms. The number of hydrogen-bond donors (Lipinski definition) is 1. The molecule has 4 rings (SSSR count). The Balaban J connectivity index is 1.45. The monoisotopic (exact) mass is 543 g/mol. The fourth-order valence-electron chi connectivity index (χ4n) is 4.77. The molecule has 2 amide bonds. The summed E-state index contributed by atoms with van der Waals surface area (Å²) in [6.45, 7) is 9.05. The van der Waals surface area contributed by atoms with Crippen LogP contribution in [-0.2, 0) is 9.59 Å². The van der Waals surface area contributed by atoms with Gasteiger partial charge < -0.3 is 24.8 Å². The first-order chi connectivity index (χ1) is 17.9. The van der Waals surface area contributed by atoms with Gasteiger partial charge in [-0.15, -0.1) is 0 Å². The average molecular weight is 544 g/mol. The molecule has 2 fully saturated rings. The molecule has 2 aromatic rings. The van der Waals surface area contributed by atoms with Gasteiger partial charge in [-0.25, -0.2) is 0 Å². The molecule has 0 unspecified atom stereocenters. The molecule has 2 heterocycles. The topological polar surface area (TPSA) is 68.4 Å². The minimum atomic E-state index is -0.668. The van der Waals surface area contributed by atoms with Gasteiger partial charge in [-0.2, -0.15) is 0 Å². The molecule has 1 N–H and O–H groups in total. The maximum absolute atomic E-state index is 13.6. The summed E-state index contributed by atoms with van der Waals surface area (Å²) >= 11 is 11.7. The summed E-state index contributed by atoms with van der Waals surface area (Å²) in [5.41, 5.74) is 1.30. The first-order valence-electron chi connectivity index (χ1n) is 12.7. The Hall–Kier alpha value is -2.72. The van der Waals surface area contributed by atoms with Crippen molar-refractivity contribution in [3.8, 4) is 5.75 Å². The quantitative estimate of drug-likeness (QED) is 0.458. The lowest BCUT2D eigenvalue weighted by atomic mass is 10.1. The highest BCUT2D eigenvalue weighted by Crippen LogP contribution is 2.29. The van der Waals surface area contributed by atoms with Gasteiger partial charge in [0.1, 0.15) is 11.8 Å². The van der Waals surface area contributed by atoms with Crippen molar-refractivity contribution in [3.05, 3.63) is 53.6 Å². The minimum Gasteiger partial charge on any atom is -0.497 e. The molecular formula is C27H34ClN5O3S. The average Bonchev–Trinajstić information content (AvgIpc) is 3.14. The predicted octanol–water partition coefficient (Wildman–Crippen LogP) is 3.71. The SMILES string of the molecule is CCN1CCN(CCCN2C(=S)N(c3ccc(OC)cc3)C(=O)[C@H]2CC(=O)Nc2ccc(Cl)cc2)CC1. The molecule has 2 aliphatic rings. The molecule has 8 nitrogen and oxygen atoms in total. The zero-order chi connectivity index (χ0) is 26.4. The Morgan fingerprint density at radius 3 is 2.30 bits per heavy atom. The molecule has 1 atom stereocenters. The van der Waals surface area contributed by atoms with E-state index < -0.39 is 6.04 Å². The van der Waals surface area contributed by atoms with Crippen molar-refractivity contribution in [3.63, 3.8) is 0 Å². The van der Waals surface area contributed by atoms with Gasteiger partial charge >= 0.3 is 0 Å². The molecule has 0 aliphatic carbocycles. The number of benzene rings is 2. The van der Waals surface area contributed by atoms with Gasteiger partial charge in [0.2, 0.25) is 5.91 Å². The van der Waals surface area contributed by atoms with E-state index in [-0.39, 0.29) is 18.2 Å². The summed E-state index contributed by atoms with van der Waals surface area (Å²) in [7, 11) is 1.60. The zero-order valence-electron chi connectivity index (χ0n) is 21.4. The third kappa shape index (κ3) is 6.78. The molecule has 37 heavy (non-hydrogen) atoms. The van der Waals surface area contributed by atoms with Crippen LogP contribution in [0.5, 0.6) is 5.75 Å². The molecule has 2 aromatic carbocycles. The number of amides is 2. The predicted molar refractivity (Wildman–Crippen MR) is 151 cm³/mol. The molecular weight excluding hydrogens is 510 g/mol. The summed E-state index contributed by atoms with van der Waals surface area (Å²) in [6, 6.07) is 13.4. The zero-order valence-corrected chi connectivity index (χ0v) is 22.9. The lowest BCUT2D eigenvalue weighted by molar-refractivity contribution is -0.124. The van der Waals surface area contributed by atoms with Crippen molar-refractivity contribution in [2.24, 2.45) is 0 Å². The molecule has 0 radical (unpaired) electrons. The first-order valence-corrected chi connectivity index (χ1v) is 13.5. The Bertz CT molecular complexity index is 1090. The van der Waals surface area contributed by atoms with E-state index in [1.807, 2.05) is 17.0 Å². The van der Waals surface area contributed by atoms with E-state index in [9.17, 15) is 9.59 Å². The number of carbonyl (C=O) groups excluding carboxylic acids is 2. The fraction of sp³-hybridized carbons (Fsp3) is 0.444. The molecule has 10 heteroatoms. The molecule has 0 aromatic heterocycles. The standard InChI is InChI=1S/C27H34ClN5O3S/c1-3-30-15-17-31(18-16-30)13-4-14-32-24(19-25(34)29-21-7-5-20(28)6-8-21)26(35)33(27(32)37)22-9-11-23(36-2)12-10-22/h5-12,24H,3-4,13-19H2,1-2H3,(H,29,34)/t24-/m1/s1. The Labute approximate surface area is 229 Å². The number of anilines is 2. The lowest BCUT2D eigenvalue weighted by Gasteiger charge is -2.34. The van der Waals surface area contributed by atoms with Crippen LogP contribution in [0.25, 0.3) is 0 Å². The number of likely N-dealkylation sites (N-methyl/N-ethyl adjacent to an activating group) is 1. The molecule has 2 saturated heterocycles. The van der Waals surface area contributed by atoms with E-state index in [2.05, 4.69) is 22.0 Å². The van der Waals surface area contributed by atoms with Crippen LogP contribution in [0.4, 0.5) is 11.4 Å². The van der Waals surface area contributed by atoms with Crippen molar-refractivity contribution in [2.75, 3.05) is 63.1 Å². The van der Waals surface area contributed by atoms with Crippen LogP contribution in [-0.4, -0.2) is 90.6 Å². The number of thiocarbonyl (C=S) groups is 1. The van der Waals surface area contributed by atoms with E-state index in [1.54, 1.807) is 43.5 Å². The van der Waals surface area contributed by atoms with Crippen LogP contribution in [0.1, 0.15) is 19.8 Å². The summed E-state index contributed by atoms with van der Waals surface area (Å²) in [5, 5.41) is 3.89. The van der Waals surface area contributed by atoms with Gasteiger partial charge in [0, 0.05) is 43.4 Å². The number of carbonyl (C=O) groups is 2. The molecule has 0 spiro atoms. The van der Waals surface area contributed by atoms with E-state index in [0.717, 1.165) is 45.7 Å². The third-order valence-corrected chi connectivity index (χ3v) is 7.61. The van der Waals surface area contributed by atoms with Gasteiger partial charge in [0.25, 0.3) is 5.91 Å². The third-order valence-electron chi connectivity index (χ3n) is 6.94. The largest absolute Gasteiger partial charge is 0.497 e. The number of nitrogens with one attached hydrogen (secondary N) is 1. The number of piperazine rings is 1. The summed E-state index contributed by atoms with van der Waals surface area (Å²) in [4.78, 5) is 34.9. The van der Waals surface area contributed by atoms with Gasteiger partial charge in [0.05, 0.1) is 19.2 Å². The fourth-order valence-corrected chi connectivity index (χ4v) is 5.31. The number of methoxy groups -OCH3 is 1. The van der Waals surface area contributed by atoms with E-state index >= 15 is 0 Å². The maximum atomic E-state index is 13.6. The summed E-state index contributed by atoms with van der Waals surface area (Å²) < 4.78 is 5.25. The van der Waals surface area contributed by atoms with Crippen LogP contribution >= 0.6 is 23.8 Å². The first kappa shape index (κ1) is 27.3. The second-order valence-electron chi connectivity index (χ2n) is 9.25. The molecule has 0 saturated carbocycles. The minimum absolute atomic E-state index is 0.00340. The second kappa shape index (κ2) is 12.7. The Morgan fingerprint density at radius 1 is 1.03 bits per heavy atom. The highest BCUT2D eigenvalue weighted by Gasteiger charge is 2.43. The Kier molecular flexibility index (Phi) is 9.37. The normalized spacial score (nSPS) is 18.9. The van der Waals surface area contributed by atoms with Gasteiger partial charge in [-0.05, 0) is 80.3 Å². The van der Waals surface area contributed by atoms with Gasteiger partial charge in [0.15, 0.2) is 5.11 Å². The van der Waals surface area contributed by atoms with Crippen molar-refractivity contribution in [1.29, 1.82) is 0 Å². The van der Waals surface area contributed by atoms with Crippen molar-refractivity contribution < 1.29 is 14.3 Å².